The van der Waals surface area contributed by atoms with Gasteiger partial charge in [0, 0.05) is 6.54 Å². The van der Waals surface area contributed by atoms with E-state index in [1.165, 1.54) is 0 Å². The third kappa shape index (κ3) is 2.99. The molecule has 1 aromatic rings. The Bertz CT molecular complexity index is 424. The quantitative estimate of drug-likeness (QED) is 0.828. The molecule has 1 aliphatic heterocycles. The van der Waals surface area contributed by atoms with Crippen molar-refractivity contribution in [2.24, 2.45) is 0 Å². The number of nitrogens with zero attached hydrogens (tertiary/aromatic N) is 3. The molecule has 0 saturated carbocycles. The Hall–Kier alpha value is -0.720. The maximum atomic E-state index is 12.4. The minimum atomic E-state index is -0.0453. The molecule has 1 atom stereocenters. The molecule has 0 radical (unpaired) electrons. The van der Waals surface area contributed by atoms with E-state index in [0.29, 0.717) is 5.69 Å². The number of rotatable bonds is 5. The Balaban J connectivity index is 2.14. The van der Waals surface area contributed by atoms with E-state index in [-0.39, 0.29) is 11.8 Å². The van der Waals surface area contributed by atoms with Crippen LogP contribution in [0.3, 0.4) is 0 Å². The molecule has 1 unspecified atom stereocenters. The van der Waals surface area contributed by atoms with E-state index in [1.54, 1.807) is 10.9 Å². The summed E-state index contributed by atoms with van der Waals surface area (Å²) in [6, 6.07) is -0.0453. The van der Waals surface area contributed by atoms with Crippen LogP contribution in [0.5, 0.6) is 0 Å². The van der Waals surface area contributed by atoms with Gasteiger partial charge in [0.1, 0.15) is 5.69 Å². The van der Waals surface area contributed by atoms with Gasteiger partial charge >= 0.3 is 0 Å². The Labute approximate surface area is 116 Å². The molecule has 6 heteroatoms. The van der Waals surface area contributed by atoms with Gasteiger partial charge in [-0.25, -0.2) is 0 Å². The summed E-state index contributed by atoms with van der Waals surface area (Å²) >= 11 is 3.43. The molecule has 1 aromatic heterocycles. The van der Waals surface area contributed by atoms with Crippen LogP contribution in [-0.4, -0.2) is 53.7 Å². The van der Waals surface area contributed by atoms with Gasteiger partial charge in [0.05, 0.1) is 23.3 Å². The average molecular weight is 315 g/mol. The number of aromatic nitrogens is 2. The molecule has 0 bridgehead atoms. The normalized spacial score (nSPS) is 19.7. The summed E-state index contributed by atoms with van der Waals surface area (Å²) in [5.74, 6) is 0.149. The predicted octanol–water partition coefficient (Wildman–Crippen LogP) is 1.14. The van der Waals surface area contributed by atoms with Crippen LogP contribution in [-0.2, 0) is 6.54 Å². The SMILES string of the molecule is CN(C)CCn1ncc(Br)c1C(=O)C1CCCN1. The number of Topliss-reactive ketones (excluding diaryl/α,β-unsaturated/α-hetero) is 1. The molecule has 18 heavy (non-hydrogen) atoms. The van der Waals surface area contributed by atoms with Gasteiger partial charge in [0.15, 0.2) is 5.78 Å². The Morgan fingerprint density at radius 2 is 2.44 bits per heavy atom. The van der Waals surface area contributed by atoms with E-state index in [4.69, 9.17) is 0 Å². The van der Waals surface area contributed by atoms with Crippen LogP contribution in [0, 0.1) is 0 Å². The molecule has 0 spiro atoms. The molecule has 0 aromatic carbocycles. The van der Waals surface area contributed by atoms with Crippen molar-refractivity contribution < 1.29 is 4.79 Å². The molecule has 0 amide bonds. The molecule has 0 aliphatic carbocycles. The molecule has 1 saturated heterocycles. The molecule has 5 nitrogen and oxygen atoms in total. The first kappa shape index (κ1) is 13.7. The van der Waals surface area contributed by atoms with E-state index in [0.717, 1.165) is 36.9 Å². The highest BCUT2D eigenvalue weighted by Gasteiger charge is 2.27. The summed E-state index contributed by atoms with van der Waals surface area (Å²) in [5.41, 5.74) is 0.691. The number of carbonyl (C=O) groups is 1. The first-order valence-electron chi connectivity index (χ1n) is 6.23. The van der Waals surface area contributed by atoms with Crippen molar-refractivity contribution >= 4 is 21.7 Å². The fourth-order valence-electron chi connectivity index (χ4n) is 2.15. The third-order valence-corrected chi connectivity index (χ3v) is 3.74. The number of hydrogen-bond acceptors (Lipinski definition) is 4. The van der Waals surface area contributed by atoms with Crippen molar-refractivity contribution in [3.8, 4) is 0 Å². The molecule has 2 heterocycles. The van der Waals surface area contributed by atoms with Gasteiger partial charge in [-0.1, -0.05) is 0 Å². The number of hydrogen-bond donors (Lipinski definition) is 1. The molecular weight excluding hydrogens is 296 g/mol. The van der Waals surface area contributed by atoms with Crippen LogP contribution in [0.2, 0.25) is 0 Å². The Kier molecular flexibility index (Phi) is 4.53. The lowest BCUT2D eigenvalue weighted by atomic mass is 10.1. The van der Waals surface area contributed by atoms with Crippen LogP contribution in [0.1, 0.15) is 23.3 Å². The van der Waals surface area contributed by atoms with Crippen LogP contribution in [0.4, 0.5) is 0 Å². The maximum absolute atomic E-state index is 12.4. The number of halogens is 1. The summed E-state index contributed by atoms with van der Waals surface area (Å²) in [5, 5.41) is 7.52. The van der Waals surface area contributed by atoms with Crippen molar-refractivity contribution in [3.63, 3.8) is 0 Å². The lowest BCUT2D eigenvalue weighted by Gasteiger charge is -2.14. The predicted molar refractivity (Wildman–Crippen MR) is 73.8 cm³/mol. The van der Waals surface area contributed by atoms with Gasteiger partial charge in [-0.2, -0.15) is 5.10 Å². The first-order valence-corrected chi connectivity index (χ1v) is 7.02. The summed E-state index contributed by atoms with van der Waals surface area (Å²) in [4.78, 5) is 14.5. The fourth-order valence-corrected chi connectivity index (χ4v) is 2.64. The summed E-state index contributed by atoms with van der Waals surface area (Å²) in [6.45, 7) is 2.53. The smallest absolute Gasteiger partial charge is 0.198 e. The van der Waals surface area contributed by atoms with E-state index >= 15 is 0 Å². The molecule has 100 valence electrons. The Morgan fingerprint density at radius 1 is 1.67 bits per heavy atom. The third-order valence-electron chi connectivity index (χ3n) is 3.16. The van der Waals surface area contributed by atoms with E-state index < -0.39 is 0 Å². The van der Waals surface area contributed by atoms with Gasteiger partial charge in [0.25, 0.3) is 0 Å². The zero-order chi connectivity index (χ0) is 13.1. The zero-order valence-corrected chi connectivity index (χ0v) is 12.4. The van der Waals surface area contributed by atoms with Crippen molar-refractivity contribution in [2.45, 2.75) is 25.4 Å². The van der Waals surface area contributed by atoms with E-state index in [2.05, 4.69) is 31.2 Å². The molecule has 2 rings (SSSR count). The highest BCUT2D eigenvalue weighted by atomic mass is 79.9. The van der Waals surface area contributed by atoms with Crippen LogP contribution in [0.25, 0.3) is 0 Å². The fraction of sp³-hybridized carbons (Fsp3) is 0.667. The van der Waals surface area contributed by atoms with Crippen molar-refractivity contribution in [1.82, 2.24) is 20.0 Å². The van der Waals surface area contributed by atoms with Crippen LogP contribution in [0.15, 0.2) is 10.7 Å². The zero-order valence-electron chi connectivity index (χ0n) is 10.8. The summed E-state index contributed by atoms with van der Waals surface area (Å²) in [6.07, 6.45) is 3.70. The highest BCUT2D eigenvalue weighted by Crippen LogP contribution is 2.20. The number of ketones is 1. The summed E-state index contributed by atoms with van der Waals surface area (Å²) < 4.78 is 2.59. The van der Waals surface area contributed by atoms with Crippen molar-refractivity contribution in [3.05, 3.63) is 16.4 Å². The molecule has 1 aliphatic rings. The topological polar surface area (TPSA) is 50.2 Å². The molecular formula is C12H19BrN4O. The average Bonchev–Trinajstić information content (AvgIpc) is 2.94. The lowest BCUT2D eigenvalue weighted by molar-refractivity contribution is 0.0940. The monoisotopic (exact) mass is 314 g/mol. The van der Waals surface area contributed by atoms with Gasteiger partial charge in [-0.05, 0) is 49.4 Å². The second-order valence-electron chi connectivity index (χ2n) is 4.88. The number of likely N-dealkylation sites (N-methyl/N-ethyl adjacent to an activating group) is 1. The number of nitrogens with one attached hydrogen (secondary N) is 1. The lowest BCUT2D eigenvalue weighted by Crippen LogP contribution is -2.33. The molecule has 1 N–H and O–H groups in total. The second-order valence-corrected chi connectivity index (χ2v) is 5.74. The summed E-state index contributed by atoms with van der Waals surface area (Å²) in [7, 11) is 4.02. The van der Waals surface area contributed by atoms with Crippen molar-refractivity contribution in [1.29, 1.82) is 0 Å². The second kappa shape index (κ2) is 5.95. The minimum absolute atomic E-state index is 0.0453. The molecule has 1 fully saturated rings. The van der Waals surface area contributed by atoms with Crippen molar-refractivity contribution in [2.75, 3.05) is 27.2 Å². The maximum Gasteiger partial charge on any atom is 0.198 e. The Morgan fingerprint density at radius 3 is 3.06 bits per heavy atom. The van der Waals surface area contributed by atoms with Gasteiger partial charge in [-0.3, -0.25) is 9.48 Å². The standard InChI is InChI=1S/C12H19BrN4O/c1-16(2)6-7-17-11(9(13)8-15-17)12(18)10-4-3-5-14-10/h8,10,14H,3-7H2,1-2H3. The largest absolute Gasteiger partial charge is 0.308 e. The minimum Gasteiger partial charge on any atom is -0.308 e. The van der Waals surface area contributed by atoms with E-state index in [1.807, 2.05) is 14.1 Å². The van der Waals surface area contributed by atoms with E-state index in [9.17, 15) is 4.79 Å². The van der Waals surface area contributed by atoms with Gasteiger partial charge in [0.2, 0.25) is 0 Å². The van der Waals surface area contributed by atoms with Gasteiger partial charge in [-0.15, -0.1) is 0 Å². The van der Waals surface area contributed by atoms with Crippen LogP contribution < -0.4 is 5.32 Å². The number of carbonyl (C=O) groups excluding carboxylic acids is 1. The first-order chi connectivity index (χ1) is 8.59. The van der Waals surface area contributed by atoms with Crippen LogP contribution >= 0.6 is 15.9 Å². The van der Waals surface area contributed by atoms with Gasteiger partial charge < -0.3 is 10.2 Å². The highest BCUT2D eigenvalue weighted by molar-refractivity contribution is 9.10.